The fraction of sp³-hybridized carbons (Fsp3) is 0.675. The van der Waals surface area contributed by atoms with Gasteiger partial charge in [-0.05, 0) is 75.0 Å². The third-order valence-electron chi connectivity index (χ3n) is 12.4. The average molecular weight is 758 g/mol. The van der Waals surface area contributed by atoms with E-state index in [0.717, 1.165) is 29.1 Å². The highest BCUT2D eigenvalue weighted by Gasteiger charge is 2.57. The van der Waals surface area contributed by atoms with Gasteiger partial charge >= 0.3 is 5.97 Å². The standard InChI is InChI=1S/C40H52ClNO9S/c1-7-23-9-8-10-30(43)19(2)34(45)28-17-26-25-15-24(51-40-37(48-6)36(47-5)35(46-4)20(3)49-40)16-29(25)38-33(32(26)27(28)18-31(44)50-23)42-39(52-38)21-11-13-22(41)14-12-21/h11-14,17,19-20,23-27,29-30,32,35-37,40,43H,7-10,15-16,18H2,1-6H3/t19-,20?,23+,24+,25+,26+,27-,29-,30+,32-,35?,36?,37?,40?/m1/s1. The van der Waals surface area contributed by atoms with Gasteiger partial charge in [-0.1, -0.05) is 43.7 Å². The van der Waals surface area contributed by atoms with Crippen LogP contribution in [0.5, 0.6) is 0 Å². The molecule has 2 aromatic rings. The van der Waals surface area contributed by atoms with E-state index >= 15 is 0 Å². The molecule has 5 unspecified atom stereocenters. The molecule has 0 amide bonds. The number of Topliss-reactive ketones (excluding diaryl/α,β-unsaturated/α-hetero) is 1. The lowest BCUT2D eigenvalue weighted by molar-refractivity contribution is -0.314. The van der Waals surface area contributed by atoms with Crippen LogP contribution in [0.3, 0.4) is 0 Å². The molecule has 10 nitrogen and oxygen atoms in total. The number of hydrogen-bond acceptors (Lipinski definition) is 11. The zero-order valence-electron chi connectivity index (χ0n) is 30.9. The number of rotatable bonds is 7. The van der Waals surface area contributed by atoms with Gasteiger partial charge in [0.1, 0.15) is 29.4 Å². The number of allylic oxidation sites excluding steroid dienone is 2. The first-order chi connectivity index (χ1) is 25.1. The van der Waals surface area contributed by atoms with Crippen molar-refractivity contribution in [2.24, 2.45) is 23.7 Å². The number of benzene rings is 1. The van der Waals surface area contributed by atoms with E-state index in [-0.39, 0.29) is 72.4 Å². The second kappa shape index (κ2) is 15.9. The number of hydrogen-bond donors (Lipinski definition) is 1. The maximum Gasteiger partial charge on any atom is 0.306 e. The maximum atomic E-state index is 14.3. The van der Waals surface area contributed by atoms with Gasteiger partial charge in [0, 0.05) is 60.5 Å². The average Bonchev–Trinajstić information content (AvgIpc) is 3.85. The van der Waals surface area contributed by atoms with E-state index in [9.17, 15) is 14.7 Å². The number of esters is 1. The fourth-order valence-corrected chi connectivity index (χ4v) is 11.1. The highest BCUT2D eigenvalue weighted by molar-refractivity contribution is 7.15. The van der Waals surface area contributed by atoms with Crippen molar-refractivity contribution < 1.29 is 43.1 Å². The molecule has 3 aliphatic carbocycles. The highest BCUT2D eigenvalue weighted by Crippen LogP contribution is 2.63. The van der Waals surface area contributed by atoms with Crippen molar-refractivity contribution in [2.75, 3.05) is 21.3 Å². The highest BCUT2D eigenvalue weighted by atomic mass is 35.5. The van der Waals surface area contributed by atoms with Crippen LogP contribution in [0.25, 0.3) is 10.6 Å². The summed E-state index contributed by atoms with van der Waals surface area (Å²) in [7, 11) is 4.93. The maximum absolute atomic E-state index is 14.3. The van der Waals surface area contributed by atoms with Gasteiger partial charge in [0.15, 0.2) is 12.1 Å². The van der Waals surface area contributed by atoms with E-state index in [4.69, 9.17) is 45.0 Å². The quantitative estimate of drug-likeness (QED) is 0.300. The molecule has 284 valence electrons. The van der Waals surface area contributed by atoms with Gasteiger partial charge in [0.25, 0.3) is 0 Å². The third kappa shape index (κ3) is 7.05. The predicted octanol–water partition coefficient (Wildman–Crippen LogP) is 6.86. The van der Waals surface area contributed by atoms with Gasteiger partial charge in [-0.2, -0.15) is 0 Å². The Bertz CT molecular complexity index is 1630. The number of nitrogens with zero attached hydrogens (tertiary/aromatic N) is 1. The predicted molar refractivity (Wildman–Crippen MR) is 196 cm³/mol. The molecule has 14 atom stereocenters. The lowest BCUT2D eigenvalue weighted by Crippen LogP contribution is -2.59. The number of halogens is 1. The zero-order chi connectivity index (χ0) is 36.8. The number of thiazole rings is 1. The molecule has 0 radical (unpaired) electrons. The fourth-order valence-electron chi connectivity index (χ4n) is 9.70. The van der Waals surface area contributed by atoms with E-state index in [1.54, 1.807) is 32.7 Å². The number of carbonyl (C=O) groups excluding carboxylic acids is 2. The minimum Gasteiger partial charge on any atom is -0.462 e. The van der Waals surface area contributed by atoms with Gasteiger partial charge in [0.2, 0.25) is 0 Å². The summed E-state index contributed by atoms with van der Waals surface area (Å²) in [6, 6.07) is 7.71. The van der Waals surface area contributed by atoms with Crippen LogP contribution in [-0.4, -0.2) is 92.2 Å². The Balaban J connectivity index is 1.26. The molecule has 1 N–H and O–H groups in total. The number of aliphatic hydroxyl groups excluding tert-OH is 1. The number of ketones is 1. The third-order valence-corrected chi connectivity index (χ3v) is 13.9. The molecule has 12 heteroatoms. The number of aliphatic hydroxyl groups is 1. The number of fused-ring (bicyclic) bond motifs is 8. The van der Waals surface area contributed by atoms with Crippen molar-refractivity contribution in [2.45, 2.75) is 127 Å². The summed E-state index contributed by atoms with van der Waals surface area (Å²) in [5, 5.41) is 12.7. The summed E-state index contributed by atoms with van der Waals surface area (Å²) in [6.07, 6.45) is 2.96. The van der Waals surface area contributed by atoms with Crippen molar-refractivity contribution in [3.8, 4) is 10.6 Å². The van der Waals surface area contributed by atoms with Crippen LogP contribution in [0, 0.1) is 23.7 Å². The lowest BCUT2D eigenvalue weighted by atomic mass is 9.67. The second-order valence-corrected chi connectivity index (χ2v) is 16.8. The molecule has 0 spiro atoms. The summed E-state index contributed by atoms with van der Waals surface area (Å²) < 4.78 is 36.7. The van der Waals surface area contributed by atoms with Gasteiger partial charge in [-0.15, -0.1) is 11.3 Å². The molecule has 7 rings (SSSR count). The van der Waals surface area contributed by atoms with Crippen molar-refractivity contribution in [3.05, 3.63) is 51.5 Å². The van der Waals surface area contributed by atoms with Crippen LogP contribution in [0.15, 0.2) is 35.9 Å². The second-order valence-electron chi connectivity index (χ2n) is 15.3. The molecule has 52 heavy (non-hydrogen) atoms. The Kier molecular flexibility index (Phi) is 11.6. The van der Waals surface area contributed by atoms with Crippen molar-refractivity contribution >= 4 is 34.7 Å². The largest absolute Gasteiger partial charge is 0.462 e. The van der Waals surface area contributed by atoms with Gasteiger partial charge in [0.05, 0.1) is 30.4 Å². The van der Waals surface area contributed by atoms with Gasteiger partial charge in [-0.25, -0.2) is 4.98 Å². The van der Waals surface area contributed by atoms with Crippen LogP contribution >= 0.6 is 22.9 Å². The number of cyclic esters (lactones) is 1. The molecule has 1 saturated carbocycles. The molecule has 0 bridgehead atoms. The van der Waals surface area contributed by atoms with Crippen molar-refractivity contribution in [1.82, 2.24) is 4.98 Å². The Morgan fingerprint density at radius 3 is 2.40 bits per heavy atom. The molecule has 3 fully saturated rings. The summed E-state index contributed by atoms with van der Waals surface area (Å²) in [6.45, 7) is 5.79. The Labute approximate surface area is 315 Å². The van der Waals surface area contributed by atoms with Crippen LogP contribution in [-0.2, 0) is 38.0 Å². The van der Waals surface area contributed by atoms with E-state index in [2.05, 4.69) is 6.08 Å². The molecule has 2 saturated heterocycles. The molecular formula is C40H52ClNO9S. The SMILES string of the molecule is CC[C@H]1CCC[C@H](O)[C@@H](C)C(=O)C2=C[C@H]3[C@@H]4C[C@H](OC5OC(C)C(OC)C(OC)C5OC)C[C@H]4c4sc(-c5ccc(Cl)cc5)nc4[C@H]3[C@@H]2CC(=O)O1. The van der Waals surface area contributed by atoms with Crippen LogP contribution in [0.1, 0.15) is 88.1 Å². The zero-order valence-corrected chi connectivity index (χ0v) is 32.4. The molecule has 5 aliphatic rings. The lowest BCUT2D eigenvalue weighted by Gasteiger charge is -2.44. The summed E-state index contributed by atoms with van der Waals surface area (Å²) in [5.74, 6) is -1.35. The Morgan fingerprint density at radius 1 is 0.981 bits per heavy atom. The Hall–Kier alpha value is -2.22. The molecule has 2 aliphatic heterocycles. The first kappa shape index (κ1) is 38.1. The van der Waals surface area contributed by atoms with Gasteiger partial charge in [-0.3, -0.25) is 9.59 Å². The summed E-state index contributed by atoms with van der Waals surface area (Å²) >= 11 is 7.95. The summed E-state index contributed by atoms with van der Waals surface area (Å²) in [5.41, 5.74) is 2.55. The molecule has 1 aromatic heterocycles. The normalized spacial score (nSPS) is 39.3. The number of carbonyl (C=O) groups is 2. The van der Waals surface area contributed by atoms with E-state index in [0.29, 0.717) is 36.3 Å². The van der Waals surface area contributed by atoms with Crippen LogP contribution in [0.4, 0.5) is 0 Å². The molecular weight excluding hydrogens is 706 g/mol. The van der Waals surface area contributed by atoms with Crippen molar-refractivity contribution in [1.29, 1.82) is 0 Å². The first-order valence-electron chi connectivity index (χ1n) is 18.9. The molecule has 3 heterocycles. The topological polar surface area (TPSA) is 123 Å². The number of ether oxygens (including phenoxy) is 6. The van der Waals surface area contributed by atoms with E-state index < -0.39 is 30.3 Å². The minimum atomic E-state index is -0.770. The van der Waals surface area contributed by atoms with Crippen molar-refractivity contribution in [3.63, 3.8) is 0 Å². The molecule has 1 aromatic carbocycles. The first-order valence-corrected chi connectivity index (χ1v) is 20.0. The smallest absolute Gasteiger partial charge is 0.306 e. The van der Waals surface area contributed by atoms with Gasteiger partial charge < -0.3 is 33.5 Å². The van der Waals surface area contributed by atoms with Crippen LogP contribution in [0.2, 0.25) is 5.02 Å². The number of aromatic nitrogens is 1. The summed E-state index contributed by atoms with van der Waals surface area (Å²) in [4.78, 5) is 34.5. The van der Waals surface area contributed by atoms with Crippen LogP contribution < -0.4 is 0 Å². The van der Waals surface area contributed by atoms with E-state index in [1.165, 1.54) is 4.88 Å². The van der Waals surface area contributed by atoms with E-state index in [1.807, 2.05) is 45.0 Å². The number of methoxy groups -OCH3 is 3. The monoisotopic (exact) mass is 757 g/mol. The Morgan fingerprint density at radius 2 is 1.71 bits per heavy atom. The minimum absolute atomic E-state index is 0.0477.